The van der Waals surface area contributed by atoms with Crippen molar-refractivity contribution < 1.29 is 4.79 Å². The Bertz CT molecular complexity index is 1490. The topological polar surface area (TPSA) is 52.2 Å². The lowest BCUT2D eigenvalue weighted by atomic mass is 9.82. The first-order chi connectivity index (χ1) is 21.6. The monoisotopic (exact) mass is 608 g/mol. The molecule has 0 fully saturated rings. The van der Waals surface area contributed by atoms with Crippen LogP contribution in [0.5, 0.6) is 0 Å². The fourth-order valence-electron chi connectivity index (χ4n) is 6.47. The third kappa shape index (κ3) is 9.07. The van der Waals surface area contributed by atoms with Gasteiger partial charge in [-0.25, -0.2) is 0 Å². The Kier molecular flexibility index (Phi) is 12.4. The first-order valence-electron chi connectivity index (χ1n) is 17.2. The number of rotatable bonds is 17. The van der Waals surface area contributed by atoms with E-state index < -0.39 is 5.41 Å². The fraction of sp³-hybridized carbons (Fsp3) is 0.500. The second kappa shape index (κ2) is 16.2. The van der Waals surface area contributed by atoms with Gasteiger partial charge in [-0.15, -0.1) is 0 Å². The molecule has 0 saturated heterocycles. The summed E-state index contributed by atoms with van der Waals surface area (Å²) >= 11 is 0. The molecule has 0 aliphatic heterocycles. The maximum atomic E-state index is 14.0. The number of nitrogens with one attached hydrogen (secondary N) is 1. The van der Waals surface area contributed by atoms with E-state index in [1.54, 1.807) is 0 Å². The molecule has 0 bridgehead atoms. The van der Waals surface area contributed by atoms with Crippen LogP contribution in [-0.2, 0) is 23.1 Å². The van der Waals surface area contributed by atoms with Crippen molar-refractivity contribution in [2.24, 2.45) is 0 Å². The smallest absolute Gasteiger partial charge is 0.232 e. The van der Waals surface area contributed by atoms with Gasteiger partial charge in [0.25, 0.3) is 0 Å². The predicted octanol–water partition coefficient (Wildman–Crippen LogP) is 9.05. The Morgan fingerprint density at radius 2 is 1.47 bits per heavy atom. The SMILES string of the molecule is CCCCN(CCCC)C(=O)C(C)(C)c1ccc2[nH]c(-c3cc(C)cc(C)c3)c(CCN(C)CCCCc3ccncc3)c2c1. The molecule has 0 aliphatic carbocycles. The molecular formula is C40H56N4O. The highest BCUT2D eigenvalue weighted by Gasteiger charge is 2.34. The zero-order valence-electron chi connectivity index (χ0n) is 29.0. The number of unbranched alkanes of at least 4 members (excludes halogenated alkanes) is 3. The van der Waals surface area contributed by atoms with E-state index in [4.69, 9.17) is 0 Å². The Morgan fingerprint density at radius 1 is 0.800 bits per heavy atom. The van der Waals surface area contributed by atoms with Gasteiger partial charge in [-0.05, 0) is 138 Å². The van der Waals surface area contributed by atoms with Gasteiger partial charge in [0.1, 0.15) is 0 Å². The molecule has 2 aromatic heterocycles. The van der Waals surface area contributed by atoms with Crippen LogP contribution in [0.25, 0.3) is 22.2 Å². The van der Waals surface area contributed by atoms with E-state index in [1.807, 2.05) is 12.4 Å². The maximum Gasteiger partial charge on any atom is 0.232 e. The molecule has 0 saturated carbocycles. The summed E-state index contributed by atoms with van der Waals surface area (Å²) in [5.74, 6) is 0.238. The molecule has 0 spiro atoms. The highest BCUT2D eigenvalue weighted by atomic mass is 16.2. The van der Waals surface area contributed by atoms with Crippen molar-refractivity contribution >= 4 is 16.8 Å². The number of hydrogen-bond acceptors (Lipinski definition) is 3. The number of pyridine rings is 1. The molecule has 242 valence electrons. The van der Waals surface area contributed by atoms with E-state index in [1.165, 1.54) is 51.7 Å². The first kappa shape index (κ1) is 34.4. The van der Waals surface area contributed by atoms with Gasteiger partial charge < -0.3 is 14.8 Å². The summed E-state index contributed by atoms with van der Waals surface area (Å²) in [6.45, 7) is 16.7. The van der Waals surface area contributed by atoms with Crippen molar-refractivity contribution in [3.8, 4) is 11.3 Å². The van der Waals surface area contributed by atoms with E-state index in [2.05, 4.69) is 117 Å². The minimum absolute atomic E-state index is 0.238. The third-order valence-electron chi connectivity index (χ3n) is 9.27. The number of carbonyl (C=O) groups is 1. The Balaban J connectivity index is 1.60. The number of aromatic amines is 1. The number of H-pyrrole nitrogens is 1. The molecule has 4 aromatic rings. The highest BCUT2D eigenvalue weighted by molar-refractivity contribution is 5.94. The van der Waals surface area contributed by atoms with Crippen molar-refractivity contribution in [2.75, 3.05) is 33.2 Å². The van der Waals surface area contributed by atoms with Crippen LogP contribution in [0, 0.1) is 13.8 Å². The van der Waals surface area contributed by atoms with E-state index in [-0.39, 0.29) is 5.91 Å². The lowest BCUT2D eigenvalue weighted by Crippen LogP contribution is -2.44. The third-order valence-corrected chi connectivity index (χ3v) is 9.27. The summed E-state index contributed by atoms with van der Waals surface area (Å²) in [4.78, 5) is 26.5. The summed E-state index contributed by atoms with van der Waals surface area (Å²) in [5, 5.41) is 1.24. The molecule has 5 nitrogen and oxygen atoms in total. The zero-order chi connectivity index (χ0) is 32.4. The Hall–Kier alpha value is -3.44. The first-order valence-corrected chi connectivity index (χ1v) is 17.2. The largest absolute Gasteiger partial charge is 0.354 e. The molecule has 0 unspecified atom stereocenters. The zero-order valence-corrected chi connectivity index (χ0v) is 29.0. The maximum absolute atomic E-state index is 14.0. The fourth-order valence-corrected chi connectivity index (χ4v) is 6.47. The molecule has 0 atom stereocenters. The van der Waals surface area contributed by atoms with Gasteiger partial charge in [0.15, 0.2) is 0 Å². The van der Waals surface area contributed by atoms with Gasteiger partial charge in [0.2, 0.25) is 5.91 Å². The van der Waals surface area contributed by atoms with Crippen LogP contribution in [0.15, 0.2) is 60.9 Å². The number of aromatic nitrogens is 2. The lowest BCUT2D eigenvalue weighted by molar-refractivity contribution is -0.136. The molecule has 2 aromatic carbocycles. The van der Waals surface area contributed by atoms with Gasteiger partial charge in [-0.3, -0.25) is 9.78 Å². The Labute approximate surface area is 272 Å². The normalized spacial score (nSPS) is 11.9. The molecule has 4 rings (SSSR count). The summed E-state index contributed by atoms with van der Waals surface area (Å²) < 4.78 is 0. The number of amides is 1. The van der Waals surface area contributed by atoms with Crippen molar-refractivity contribution in [2.45, 2.75) is 98.3 Å². The van der Waals surface area contributed by atoms with Gasteiger partial charge in [0, 0.05) is 48.6 Å². The van der Waals surface area contributed by atoms with Crippen LogP contribution in [-0.4, -0.2) is 58.9 Å². The van der Waals surface area contributed by atoms with Gasteiger partial charge in [-0.2, -0.15) is 0 Å². The number of benzene rings is 2. The van der Waals surface area contributed by atoms with Gasteiger partial charge in [0.05, 0.1) is 5.41 Å². The lowest BCUT2D eigenvalue weighted by Gasteiger charge is -2.32. The summed E-state index contributed by atoms with van der Waals surface area (Å²) in [6, 6.07) is 17.7. The molecule has 1 amide bonds. The standard InChI is InChI=1S/C40H56N4O/c1-8-10-23-44(24-11-9-2)39(45)40(5,6)34-15-16-37-36(29-34)35(38(42-37)33-27-30(3)26-31(4)28-33)19-25-43(7)22-13-12-14-32-17-20-41-21-18-32/h15-18,20-21,26-29,42H,8-14,19,22-25H2,1-7H3. The average Bonchev–Trinajstić information content (AvgIpc) is 3.40. The summed E-state index contributed by atoms with van der Waals surface area (Å²) in [5.41, 5.74) is 9.32. The minimum atomic E-state index is -0.601. The van der Waals surface area contributed by atoms with Crippen LogP contribution in [0.4, 0.5) is 0 Å². The minimum Gasteiger partial charge on any atom is -0.354 e. The van der Waals surface area contributed by atoms with Crippen LogP contribution >= 0.6 is 0 Å². The molecule has 1 N–H and O–H groups in total. The average molecular weight is 609 g/mol. The summed E-state index contributed by atoms with van der Waals surface area (Å²) in [6.07, 6.45) is 12.4. The van der Waals surface area contributed by atoms with Crippen LogP contribution in [0.2, 0.25) is 0 Å². The quantitative estimate of drug-likeness (QED) is 0.122. The molecule has 45 heavy (non-hydrogen) atoms. The van der Waals surface area contributed by atoms with Crippen molar-refractivity contribution in [1.82, 2.24) is 19.8 Å². The van der Waals surface area contributed by atoms with E-state index in [9.17, 15) is 4.79 Å². The highest BCUT2D eigenvalue weighted by Crippen LogP contribution is 2.36. The van der Waals surface area contributed by atoms with Crippen LogP contribution in [0.1, 0.15) is 94.0 Å². The number of aryl methyl sites for hydroxylation is 3. The van der Waals surface area contributed by atoms with Crippen LogP contribution < -0.4 is 0 Å². The van der Waals surface area contributed by atoms with Gasteiger partial charge >= 0.3 is 0 Å². The van der Waals surface area contributed by atoms with Crippen LogP contribution in [0.3, 0.4) is 0 Å². The van der Waals surface area contributed by atoms with E-state index in [0.29, 0.717) is 0 Å². The van der Waals surface area contributed by atoms with Crippen molar-refractivity contribution in [3.63, 3.8) is 0 Å². The molecule has 0 aliphatic rings. The number of hydrogen-bond donors (Lipinski definition) is 1. The van der Waals surface area contributed by atoms with Gasteiger partial charge in [-0.1, -0.05) is 49.9 Å². The molecule has 5 heteroatoms. The van der Waals surface area contributed by atoms with Crippen molar-refractivity contribution in [1.29, 1.82) is 0 Å². The second-order valence-corrected chi connectivity index (χ2v) is 13.6. The number of likely N-dealkylation sites (N-methyl/N-ethyl adjacent to an activating group) is 1. The Morgan fingerprint density at radius 3 is 2.11 bits per heavy atom. The van der Waals surface area contributed by atoms with Crippen molar-refractivity contribution in [3.05, 3.63) is 88.7 Å². The molecular weight excluding hydrogens is 552 g/mol. The van der Waals surface area contributed by atoms with E-state index >= 15 is 0 Å². The number of carbonyl (C=O) groups excluding carboxylic acids is 1. The number of nitrogens with zero attached hydrogens (tertiary/aromatic N) is 3. The summed E-state index contributed by atoms with van der Waals surface area (Å²) in [7, 11) is 2.24. The predicted molar refractivity (Wildman–Crippen MR) is 191 cm³/mol. The molecule has 2 heterocycles. The number of fused-ring (bicyclic) bond motifs is 1. The second-order valence-electron chi connectivity index (χ2n) is 13.6. The molecule has 0 radical (unpaired) electrons. The van der Waals surface area contributed by atoms with E-state index in [0.717, 1.165) is 75.8 Å².